The number of carbonyl (C=O) groups is 1. The number of hydrogen-bond acceptors (Lipinski definition) is 3. The summed E-state index contributed by atoms with van der Waals surface area (Å²) in [4.78, 5) is 13.0. The molecular weight excluding hydrogens is 360 g/mol. The van der Waals surface area contributed by atoms with E-state index in [-0.39, 0.29) is 11.8 Å². The number of amides is 1. The average Bonchev–Trinajstić information content (AvgIpc) is 3.17. The van der Waals surface area contributed by atoms with Gasteiger partial charge in [-0.1, -0.05) is 31.1 Å². The standard InChI is InChI=1S/C21H28N2O3S/c1-15-6-9-18(22-21(24)19-13-16-7-8-17(19)12-16)14-20(15)27(25,26)23-10-4-2-3-5-11-23/h6-9,14,16-17,19H,2-5,10-13H2,1H3,(H,22,24)/t16-,17-,19+/m1/s1. The Morgan fingerprint density at radius 2 is 1.81 bits per heavy atom. The molecule has 146 valence electrons. The van der Waals surface area contributed by atoms with E-state index in [0.717, 1.165) is 44.1 Å². The lowest BCUT2D eigenvalue weighted by Crippen LogP contribution is -2.32. The molecule has 1 aliphatic heterocycles. The number of anilines is 1. The number of sulfonamides is 1. The summed E-state index contributed by atoms with van der Waals surface area (Å²) >= 11 is 0. The number of nitrogens with zero attached hydrogens (tertiary/aromatic N) is 1. The molecule has 2 aliphatic carbocycles. The number of aryl methyl sites for hydroxylation is 1. The van der Waals surface area contributed by atoms with Gasteiger partial charge in [-0.2, -0.15) is 4.31 Å². The van der Waals surface area contributed by atoms with Gasteiger partial charge in [-0.3, -0.25) is 4.79 Å². The van der Waals surface area contributed by atoms with Gasteiger partial charge >= 0.3 is 0 Å². The second kappa shape index (κ2) is 7.40. The van der Waals surface area contributed by atoms with Crippen LogP contribution in [0.15, 0.2) is 35.2 Å². The molecule has 1 heterocycles. The molecule has 4 rings (SSSR count). The highest BCUT2D eigenvalue weighted by Crippen LogP contribution is 2.43. The predicted molar refractivity (Wildman–Crippen MR) is 106 cm³/mol. The summed E-state index contributed by atoms with van der Waals surface area (Å²) in [6, 6.07) is 5.23. The molecule has 1 N–H and O–H groups in total. The van der Waals surface area contributed by atoms with Crippen molar-refractivity contribution in [2.45, 2.75) is 50.3 Å². The van der Waals surface area contributed by atoms with Crippen molar-refractivity contribution in [1.29, 1.82) is 0 Å². The van der Waals surface area contributed by atoms with Crippen LogP contribution in [0.3, 0.4) is 0 Å². The van der Waals surface area contributed by atoms with E-state index in [1.54, 1.807) is 22.5 Å². The molecule has 3 atom stereocenters. The van der Waals surface area contributed by atoms with Gasteiger partial charge in [0.2, 0.25) is 15.9 Å². The number of hydrogen-bond donors (Lipinski definition) is 1. The quantitative estimate of drug-likeness (QED) is 0.800. The molecule has 5 nitrogen and oxygen atoms in total. The fourth-order valence-electron chi connectivity index (χ4n) is 4.69. The van der Waals surface area contributed by atoms with Gasteiger partial charge in [0.1, 0.15) is 0 Å². The van der Waals surface area contributed by atoms with Gasteiger partial charge in [-0.25, -0.2) is 8.42 Å². The molecule has 1 amide bonds. The number of fused-ring (bicyclic) bond motifs is 2. The van der Waals surface area contributed by atoms with Crippen LogP contribution in [0, 0.1) is 24.7 Å². The van der Waals surface area contributed by atoms with Gasteiger partial charge in [0.05, 0.1) is 4.90 Å². The van der Waals surface area contributed by atoms with Gasteiger partial charge in [0, 0.05) is 24.7 Å². The Kier molecular flexibility index (Phi) is 5.12. The Labute approximate surface area is 161 Å². The fourth-order valence-corrected chi connectivity index (χ4v) is 6.46. The van der Waals surface area contributed by atoms with Gasteiger partial charge < -0.3 is 5.32 Å². The minimum absolute atomic E-state index is 0.00645. The monoisotopic (exact) mass is 388 g/mol. The van der Waals surface area contributed by atoms with Crippen LogP contribution in [0.5, 0.6) is 0 Å². The first-order chi connectivity index (χ1) is 12.9. The fraction of sp³-hybridized carbons (Fsp3) is 0.571. The number of benzene rings is 1. The molecule has 3 aliphatic rings. The van der Waals surface area contributed by atoms with Gasteiger partial charge in [-0.15, -0.1) is 0 Å². The second-order valence-electron chi connectivity index (χ2n) is 8.17. The maximum Gasteiger partial charge on any atom is 0.243 e. The normalized spacial score (nSPS) is 28.3. The molecule has 2 fully saturated rings. The second-order valence-corrected chi connectivity index (χ2v) is 10.1. The average molecular weight is 389 g/mol. The maximum absolute atomic E-state index is 13.2. The third-order valence-corrected chi connectivity index (χ3v) is 8.29. The predicted octanol–water partition coefficient (Wildman–Crippen LogP) is 3.71. The third-order valence-electron chi connectivity index (χ3n) is 6.25. The van der Waals surface area contributed by atoms with E-state index in [2.05, 4.69) is 17.5 Å². The van der Waals surface area contributed by atoms with Crippen molar-refractivity contribution < 1.29 is 13.2 Å². The number of rotatable bonds is 4. The summed E-state index contributed by atoms with van der Waals surface area (Å²) in [7, 11) is -3.53. The maximum atomic E-state index is 13.2. The van der Waals surface area contributed by atoms with E-state index in [9.17, 15) is 13.2 Å². The van der Waals surface area contributed by atoms with Crippen LogP contribution in [-0.4, -0.2) is 31.7 Å². The summed E-state index contributed by atoms with van der Waals surface area (Å²) in [6.45, 7) is 2.97. The van der Waals surface area contributed by atoms with Gasteiger partial charge in [0.25, 0.3) is 0 Å². The van der Waals surface area contributed by atoms with Crippen LogP contribution in [-0.2, 0) is 14.8 Å². The molecular formula is C21H28N2O3S. The first kappa shape index (κ1) is 18.7. The van der Waals surface area contributed by atoms with E-state index in [1.807, 2.05) is 6.92 Å². The summed E-state index contributed by atoms with van der Waals surface area (Å²) in [6.07, 6.45) is 10.3. The highest BCUT2D eigenvalue weighted by Gasteiger charge is 2.39. The van der Waals surface area contributed by atoms with Crippen molar-refractivity contribution in [2.24, 2.45) is 17.8 Å². The van der Waals surface area contributed by atoms with Crippen LogP contribution >= 0.6 is 0 Å². The van der Waals surface area contributed by atoms with Crippen molar-refractivity contribution in [3.8, 4) is 0 Å². The van der Waals surface area contributed by atoms with Gasteiger partial charge in [0.15, 0.2) is 0 Å². The molecule has 0 aromatic heterocycles. The lowest BCUT2D eigenvalue weighted by molar-refractivity contribution is -0.120. The van der Waals surface area contributed by atoms with Crippen LogP contribution in [0.4, 0.5) is 5.69 Å². The summed E-state index contributed by atoms with van der Waals surface area (Å²) in [5.74, 6) is 0.879. The molecule has 1 aromatic rings. The summed E-state index contributed by atoms with van der Waals surface area (Å²) in [5.41, 5.74) is 1.30. The topological polar surface area (TPSA) is 66.5 Å². The van der Waals surface area contributed by atoms with Gasteiger partial charge in [-0.05, 0) is 62.1 Å². The van der Waals surface area contributed by atoms with Crippen molar-refractivity contribution in [3.63, 3.8) is 0 Å². The smallest absolute Gasteiger partial charge is 0.243 e. The Bertz CT molecular complexity index is 854. The molecule has 0 radical (unpaired) electrons. The molecule has 0 spiro atoms. The number of allylic oxidation sites excluding steroid dienone is 2. The molecule has 0 unspecified atom stereocenters. The van der Waals surface area contributed by atoms with E-state index in [1.165, 1.54) is 0 Å². The molecule has 6 heteroatoms. The zero-order chi connectivity index (χ0) is 19.0. The van der Waals surface area contributed by atoms with Crippen LogP contribution in [0.1, 0.15) is 44.1 Å². The highest BCUT2D eigenvalue weighted by molar-refractivity contribution is 7.89. The van der Waals surface area contributed by atoms with E-state index < -0.39 is 10.0 Å². The molecule has 27 heavy (non-hydrogen) atoms. The Morgan fingerprint density at radius 3 is 2.44 bits per heavy atom. The minimum atomic E-state index is -3.53. The summed E-state index contributed by atoms with van der Waals surface area (Å²) < 4.78 is 27.9. The first-order valence-corrected chi connectivity index (χ1v) is 11.5. The van der Waals surface area contributed by atoms with E-state index in [0.29, 0.717) is 35.5 Å². The van der Waals surface area contributed by atoms with Crippen molar-refractivity contribution in [3.05, 3.63) is 35.9 Å². The van der Waals surface area contributed by atoms with Crippen LogP contribution < -0.4 is 5.32 Å². The Balaban J connectivity index is 1.54. The largest absolute Gasteiger partial charge is 0.326 e. The SMILES string of the molecule is Cc1ccc(NC(=O)[C@H]2C[C@@H]3C=C[C@@H]2C3)cc1S(=O)(=O)N1CCCCCC1. The Hall–Kier alpha value is -1.66. The van der Waals surface area contributed by atoms with Crippen LogP contribution in [0.25, 0.3) is 0 Å². The van der Waals surface area contributed by atoms with E-state index >= 15 is 0 Å². The van der Waals surface area contributed by atoms with Crippen molar-refractivity contribution >= 4 is 21.6 Å². The first-order valence-electron chi connectivity index (χ1n) is 10.0. The number of carbonyl (C=O) groups excluding carboxylic acids is 1. The lowest BCUT2D eigenvalue weighted by Gasteiger charge is -2.22. The van der Waals surface area contributed by atoms with E-state index in [4.69, 9.17) is 0 Å². The summed E-state index contributed by atoms with van der Waals surface area (Å²) in [5, 5.41) is 2.97. The lowest BCUT2D eigenvalue weighted by atomic mass is 9.93. The Morgan fingerprint density at radius 1 is 1.07 bits per heavy atom. The minimum Gasteiger partial charge on any atom is -0.326 e. The molecule has 2 bridgehead atoms. The zero-order valence-corrected chi connectivity index (χ0v) is 16.7. The highest BCUT2D eigenvalue weighted by atomic mass is 32.2. The third kappa shape index (κ3) is 3.69. The van der Waals surface area contributed by atoms with Crippen molar-refractivity contribution in [2.75, 3.05) is 18.4 Å². The molecule has 1 saturated heterocycles. The molecule has 1 aromatic carbocycles. The number of nitrogens with one attached hydrogen (secondary N) is 1. The zero-order valence-electron chi connectivity index (χ0n) is 15.9. The van der Waals surface area contributed by atoms with Crippen LogP contribution in [0.2, 0.25) is 0 Å². The molecule has 1 saturated carbocycles. The van der Waals surface area contributed by atoms with Crippen molar-refractivity contribution in [1.82, 2.24) is 4.31 Å².